The number of carbonyl (C=O) groups excluding carboxylic acids is 2. The molecule has 0 radical (unpaired) electrons. The quantitative estimate of drug-likeness (QED) is 0.460. The van der Waals surface area contributed by atoms with Gasteiger partial charge in [0, 0.05) is 12.1 Å². The molecule has 0 aliphatic carbocycles. The van der Waals surface area contributed by atoms with E-state index in [0.29, 0.717) is 5.56 Å². The van der Waals surface area contributed by atoms with Crippen molar-refractivity contribution in [3.8, 4) is 0 Å². The van der Waals surface area contributed by atoms with Crippen molar-refractivity contribution in [3.05, 3.63) is 39.9 Å². The first-order valence-corrected chi connectivity index (χ1v) is 8.06. The summed E-state index contributed by atoms with van der Waals surface area (Å²) >= 11 is 3.08. The Bertz CT molecular complexity index is 581. The van der Waals surface area contributed by atoms with Gasteiger partial charge in [0.2, 0.25) is 0 Å². The van der Waals surface area contributed by atoms with Gasteiger partial charge < -0.3 is 10.1 Å². The first-order chi connectivity index (χ1) is 10.6. The number of benzene rings is 1. The first kappa shape index (κ1) is 19.1. The van der Waals surface area contributed by atoms with Crippen molar-refractivity contribution in [2.75, 3.05) is 5.33 Å². The number of carbonyl (C=O) groups is 2. The van der Waals surface area contributed by atoms with E-state index in [1.54, 1.807) is 32.9 Å². The number of hydrogen-bond donors (Lipinski definition) is 1. The minimum absolute atomic E-state index is 0.0304. The van der Waals surface area contributed by atoms with E-state index in [9.17, 15) is 19.7 Å². The van der Waals surface area contributed by atoms with Crippen molar-refractivity contribution in [2.45, 2.75) is 38.8 Å². The number of alkyl carbamates (subject to hydrolysis) is 1. The fourth-order valence-electron chi connectivity index (χ4n) is 1.78. The minimum Gasteiger partial charge on any atom is -0.444 e. The molecule has 0 saturated carbocycles. The molecular formula is C15H19BrN2O5. The van der Waals surface area contributed by atoms with Crippen LogP contribution < -0.4 is 5.32 Å². The number of alkyl halides is 1. The maximum Gasteiger partial charge on any atom is 0.408 e. The molecule has 0 aromatic heterocycles. The molecule has 7 nitrogen and oxygen atoms in total. The lowest BCUT2D eigenvalue weighted by molar-refractivity contribution is -0.384. The summed E-state index contributed by atoms with van der Waals surface area (Å²) in [5.74, 6) is -0.214. The molecule has 1 amide bonds. The van der Waals surface area contributed by atoms with Gasteiger partial charge in [-0.3, -0.25) is 14.9 Å². The number of halogens is 1. The summed E-state index contributed by atoms with van der Waals surface area (Å²) in [6, 6.07) is 5.06. The summed E-state index contributed by atoms with van der Waals surface area (Å²) in [7, 11) is 0. The Morgan fingerprint density at radius 1 is 1.30 bits per heavy atom. The van der Waals surface area contributed by atoms with Crippen LogP contribution >= 0.6 is 15.9 Å². The third-order valence-corrected chi connectivity index (χ3v) is 3.35. The second-order valence-electron chi connectivity index (χ2n) is 5.93. The van der Waals surface area contributed by atoms with Gasteiger partial charge in [0.25, 0.3) is 5.69 Å². The number of nitro groups is 1. The van der Waals surface area contributed by atoms with E-state index in [4.69, 9.17) is 4.74 Å². The van der Waals surface area contributed by atoms with Crippen molar-refractivity contribution in [1.82, 2.24) is 5.32 Å². The molecule has 0 aliphatic rings. The van der Waals surface area contributed by atoms with Gasteiger partial charge in [-0.1, -0.05) is 28.1 Å². The van der Waals surface area contributed by atoms with Crippen molar-refractivity contribution in [1.29, 1.82) is 0 Å². The van der Waals surface area contributed by atoms with Crippen LogP contribution in [0.25, 0.3) is 0 Å². The summed E-state index contributed by atoms with van der Waals surface area (Å²) in [4.78, 5) is 33.9. The second kappa shape index (κ2) is 8.05. The Morgan fingerprint density at radius 2 is 1.87 bits per heavy atom. The number of nitrogens with zero attached hydrogens (tertiary/aromatic N) is 1. The number of non-ortho nitro benzene ring substituents is 1. The van der Waals surface area contributed by atoms with Gasteiger partial charge in [-0.05, 0) is 32.8 Å². The number of nitro benzene ring substituents is 1. The molecule has 0 saturated heterocycles. The predicted octanol–water partition coefficient (Wildman–Crippen LogP) is 2.99. The Morgan fingerprint density at radius 3 is 2.30 bits per heavy atom. The highest BCUT2D eigenvalue weighted by Crippen LogP contribution is 2.14. The summed E-state index contributed by atoms with van der Waals surface area (Å²) < 4.78 is 5.14. The van der Waals surface area contributed by atoms with Crippen LogP contribution in [0.15, 0.2) is 24.3 Å². The maximum absolute atomic E-state index is 12.0. The number of Topliss-reactive ketones (excluding diaryl/α,β-unsaturated/α-hetero) is 1. The van der Waals surface area contributed by atoms with E-state index in [1.165, 1.54) is 12.1 Å². The Kier molecular flexibility index (Phi) is 6.68. The fourth-order valence-corrected chi connectivity index (χ4v) is 2.17. The molecule has 1 rings (SSSR count). The average Bonchev–Trinajstić information content (AvgIpc) is 2.44. The lowest BCUT2D eigenvalue weighted by Crippen LogP contribution is -2.45. The van der Waals surface area contributed by atoms with Crippen LogP contribution in [0.5, 0.6) is 0 Å². The highest BCUT2D eigenvalue weighted by molar-refractivity contribution is 9.09. The van der Waals surface area contributed by atoms with Crippen molar-refractivity contribution in [2.24, 2.45) is 0 Å². The molecule has 1 unspecified atom stereocenters. The molecule has 0 aliphatic heterocycles. The monoisotopic (exact) mass is 386 g/mol. The van der Waals surface area contributed by atoms with Crippen LogP contribution in [-0.4, -0.2) is 33.8 Å². The van der Waals surface area contributed by atoms with Gasteiger partial charge in [-0.25, -0.2) is 4.79 Å². The molecule has 1 aromatic rings. The van der Waals surface area contributed by atoms with Gasteiger partial charge in [-0.15, -0.1) is 0 Å². The number of ketones is 1. The molecule has 0 spiro atoms. The number of amides is 1. The van der Waals surface area contributed by atoms with Crippen LogP contribution in [0, 0.1) is 10.1 Å². The lowest BCUT2D eigenvalue weighted by atomic mass is 10.0. The van der Waals surface area contributed by atoms with E-state index in [1.807, 2.05) is 0 Å². The molecule has 1 N–H and O–H groups in total. The van der Waals surface area contributed by atoms with Crippen LogP contribution in [-0.2, 0) is 16.0 Å². The Labute approximate surface area is 142 Å². The highest BCUT2D eigenvalue weighted by Gasteiger charge is 2.24. The van der Waals surface area contributed by atoms with Gasteiger partial charge in [0.15, 0.2) is 5.78 Å². The first-order valence-electron chi connectivity index (χ1n) is 6.94. The van der Waals surface area contributed by atoms with E-state index in [0.717, 1.165) is 0 Å². The summed E-state index contributed by atoms with van der Waals surface area (Å²) in [6.45, 7) is 5.18. The zero-order valence-corrected chi connectivity index (χ0v) is 14.8. The van der Waals surface area contributed by atoms with Gasteiger partial charge in [0.1, 0.15) is 5.60 Å². The number of hydrogen-bond acceptors (Lipinski definition) is 5. The van der Waals surface area contributed by atoms with Crippen LogP contribution in [0.4, 0.5) is 10.5 Å². The third-order valence-electron chi connectivity index (χ3n) is 2.80. The van der Waals surface area contributed by atoms with Crippen LogP contribution in [0.3, 0.4) is 0 Å². The van der Waals surface area contributed by atoms with Crippen molar-refractivity contribution in [3.63, 3.8) is 0 Å². The number of ether oxygens (including phenoxy) is 1. The SMILES string of the molecule is CC(C)(C)OC(=O)NC(Cc1ccc([N+](=O)[O-])cc1)C(=O)CBr. The van der Waals surface area contributed by atoms with Crippen LogP contribution in [0.1, 0.15) is 26.3 Å². The van der Waals surface area contributed by atoms with Crippen molar-refractivity contribution >= 4 is 33.5 Å². The van der Waals surface area contributed by atoms with Gasteiger partial charge in [0.05, 0.1) is 16.3 Å². The van der Waals surface area contributed by atoms with E-state index < -0.39 is 22.7 Å². The molecule has 0 fully saturated rings. The molecule has 1 atom stereocenters. The maximum atomic E-state index is 12.0. The third kappa shape index (κ3) is 6.77. The van der Waals surface area contributed by atoms with E-state index in [2.05, 4.69) is 21.2 Å². The number of nitrogens with one attached hydrogen (secondary N) is 1. The summed E-state index contributed by atoms with van der Waals surface area (Å²) in [6.07, 6.45) is -0.458. The molecule has 1 aromatic carbocycles. The predicted molar refractivity (Wildman–Crippen MR) is 88.8 cm³/mol. The molecule has 126 valence electrons. The lowest BCUT2D eigenvalue weighted by Gasteiger charge is -2.23. The Balaban J connectivity index is 2.80. The normalized spacial score (nSPS) is 12.3. The second-order valence-corrected chi connectivity index (χ2v) is 6.49. The Hall–Kier alpha value is -1.96. The molecular weight excluding hydrogens is 368 g/mol. The van der Waals surface area contributed by atoms with E-state index in [-0.39, 0.29) is 23.2 Å². The zero-order chi connectivity index (χ0) is 17.6. The fraction of sp³-hybridized carbons (Fsp3) is 0.467. The molecule has 8 heteroatoms. The van der Waals surface area contributed by atoms with Gasteiger partial charge in [-0.2, -0.15) is 0 Å². The molecule has 23 heavy (non-hydrogen) atoms. The molecule has 0 heterocycles. The summed E-state index contributed by atoms with van der Waals surface area (Å²) in [5, 5.41) is 13.3. The summed E-state index contributed by atoms with van der Waals surface area (Å²) in [5.41, 5.74) is 0.00239. The van der Waals surface area contributed by atoms with Gasteiger partial charge >= 0.3 is 6.09 Å². The topological polar surface area (TPSA) is 98.5 Å². The van der Waals surface area contributed by atoms with E-state index >= 15 is 0 Å². The van der Waals surface area contributed by atoms with Crippen molar-refractivity contribution < 1.29 is 19.2 Å². The smallest absolute Gasteiger partial charge is 0.408 e. The number of rotatable bonds is 6. The average molecular weight is 387 g/mol. The minimum atomic E-state index is -0.773. The standard InChI is InChI=1S/C15H19BrN2O5/c1-15(2,3)23-14(20)17-12(13(19)9-16)8-10-4-6-11(7-5-10)18(21)22/h4-7,12H,8-9H2,1-3H3,(H,17,20). The largest absolute Gasteiger partial charge is 0.444 e. The van der Waals surface area contributed by atoms with Crippen LogP contribution in [0.2, 0.25) is 0 Å². The highest BCUT2D eigenvalue weighted by atomic mass is 79.9. The zero-order valence-electron chi connectivity index (χ0n) is 13.2. The molecule has 0 bridgehead atoms.